The summed E-state index contributed by atoms with van der Waals surface area (Å²) in [6.45, 7) is 1.90. The van der Waals surface area contributed by atoms with Gasteiger partial charge in [0.15, 0.2) is 0 Å². The van der Waals surface area contributed by atoms with Gasteiger partial charge in [-0.2, -0.15) is 5.26 Å². The highest BCUT2D eigenvalue weighted by molar-refractivity contribution is 5.91. The molecule has 0 aromatic heterocycles. The zero-order chi connectivity index (χ0) is 15.2. The minimum atomic E-state index is -0.0735. The highest BCUT2D eigenvalue weighted by atomic mass is 16.1. The second kappa shape index (κ2) is 6.58. The number of nitrogens with zero attached hydrogens (tertiary/aromatic N) is 1. The molecule has 0 atom stereocenters. The zero-order valence-electron chi connectivity index (χ0n) is 11.9. The molecule has 1 amide bonds. The van der Waals surface area contributed by atoms with E-state index in [4.69, 9.17) is 11.0 Å². The number of benzene rings is 2. The van der Waals surface area contributed by atoms with Crippen LogP contribution in [0.1, 0.15) is 23.1 Å². The van der Waals surface area contributed by atoms with Crippen LogP contribution in [0.3, 0.4) is 0 Å². The van der Waals surface area contributed by atoms with Crippen molar-refractivity contribution >= 4 is 17.3 Å². The third-order valence-electron chi connectivity index (χ3n) is 3.23. The normalized spacial score (nSPS) is 9.90. The maximum atomic E-state index is 12.0. The number of hydrogen-bond acceptors (Lipinski definition) is 3. The van der Waals surface area contributed by atoms with Crippen molar-refractivity contribution < 1.29 is 4.79 Å². The summed E-state index contributed by atoms with van der Waals surface area (Å²) in [7, 11) is 0. The number of carbonyl (C=O) groups is 1. The van der Waals surface area contributed by atoms with Crippen molar-refractivity contribution in [3.63, 3.8) is 0 Å². The summed E-state index contributed by atoms with van der Waals surface area (Å²) < 4.78 is 0. The Balaban J connectivity index is 1.98. The summed E-state index contributed by atoms with van der Waals surface area (Å²) in [5, 5.41) is 11.7. The van der Waals surface area contributed by atoms with E-state index in [0.29, 0.717) is 29.8 Å². The molecule has 0 aliphatic rings. The van der Waals surface area contributed by atoms with E-state index in [1.54, 1.807) is 12.1 Å². The molecule has 0 heterocycles. The topological polar surface area (TPSA) is 78.9 Å². The molecule has 4 heteroatoms. The molecule has 0 aliphatic heterocycles. The van der Waals surface area contributed by atoms with Gasteiger partial charge in [0.1, 0.15) is 0 Å². The van der Waals surface area contributed by atoms with Gasteiger partial charge in [-0.3, -0.25) is 4.79 Å². The van der Waals surface area contributed by atoms with Crippen LogP contribution in [0.4, 0.5) is 11.4 Å². The first-order valence-corrected chi connectivity index (χ1v) is 6.73. The second-order valence-electron chi connectivity index (χ2n) is 4.93. The number of nitriles is 1. The van der Waals surface area contributed by atoms with E-state index in [2.05, 4.69) is 11.4 Å². The van der Waals surface area contributed by atoms with Crippen molar-refractivity contribution in [2.24, 2.45) is 0 Å². The number of nitrogen functional groups attached to an aromatic ring is 1. The van der Waals surface area contributed by atoms with E-state index in [1.165, 1.54) is 0 Å². The minimum Gasteiger partial charge on any atom is -0.399 e. The molecule has 0 saturated carbocycles. The molecular formula is C17H17N3O. The number of anilines is 2. The molecule has 2 aromatic rings. The molecule has 0 fully saturated rings. The number of rotatable bonds is 4. The van der Waals surface area contributed by atoms with Gasteiger partial charge in [0.2, 0.25) is 5.91 Å². The van der Waals surface area contributed by atoms with Gasteiger partial charge in [-0.05, 0) is 48.7 Å². The molecule has 0 aliphatic carbocycles. The molecule has 2 rings (SSSR count). The third-order valence-corrected chi connectivity index (χ3v) is 3.23. The fourth-order valence-electron chi connectivity index (χ4n) is 2.05. The maximum absolute atomic E-state index is 12.0. The molecule has 0 spiro atoms. The number of carbonyl (C=O) groups excluding carboxylic acids is 1. The van der Waals surface area contributed by atoms with E-state index in [-0.39, 0.29) is 5.91 Å². The van der Waals surface area contributed by atoms with Crippen LogP contribution < -0.4 is 11.1 Å². The van der Waals surface area contributed by atoms with Crippen LogP contribution in [-0.4, -0.2) is 5.91 Å². The van der Waals surface area contributed by atoms with Crippen molar-refractivity contribution in [1.82, 2.24) is 0 Å². The Morgan fingerprint density at radius 3 is 2.81 bits per heavy atom. The van der Waals surface area contributed by atoms with Crippen LogP contribution in [0.2, 0.25) is 0 Å². The van der Waals surface area contributed by atoms with Crippen molar-refractivity contribution in [2.45, 2.75) is 19.8 Å². The number of nitrogens with two attached hydrogens (primary N) is 1. The lowest BCUT2D eigenvalue weighted by Gasteiger charge is -2.09. The third kappa shape index (κ3) is 4.08. The highest BCUT2D eigenvalue weighted by Gasteiger charge is 2.06. The Morgan fingerprint density at radius 1 is 1.29 bits per heavy atom. The predicted octanol–water partition coefficient (Wildman–Crippen LogP) is 3.02. The summed E-state index contributed by atoms with van der Waals surface area (Å²) in [5.41, 5.74) is 9.60. The average Bonchev–Trinajstić information content (AvgIpc) is 2.47. The van der Waals surface area contributed by atoms with E-state index in [9.17, 15) is 4.79 Å². The Hall–Kier alpha value is -2.80. The summed E-state index contributed by atoms with van der Waals surface area (Å²) in [6.07, 6.45) is 1.01. The fourth-order valence-corrected chi connectivity index (χ4v) is 2.05. The van der Waals surface area contributed by atoms with Crippen LogP contribution in [0.15, 0.2) is 42.5 Å². The van der Waals surface area contributed by atoms with Gasteiger partial charge in [-0.15, -0.1) is 0 Å². The summed E-state index contributed by atoms with van der Waals surface area (Å²) in [4.78, 5) is 12.0. The monoisotopic (exact) mass is 279 g/mol. The molecule has 2 aromatic carbocycles. The number of amides is 1. The van der Waals surface area contributed by atoms with Gasteiger partial charge in [0.25, 0.3) is 0 Å². The maximum Gasteiger partial charge on any atom is 0.224 e. The van der Waals surface area contributed by atoms with Crippen molar-refractivity contribution in [1.29, 1.82) is 5.26 Å². The van der Waals surface area contributed by atoms with Crippen LogP contribution in [0.25, 0.3) is 0 Å². The molecular weight excluding hydrogens is 262 g/mol. The molecule has 0 bridgehead atoms. The van der Waals surface area contributed by atoms with Crippen LogP contribution in [0.5, 0.6) is 0 Å². The lowest BCUT2D eigenvalue weighted by atomic mass is 10.1. The van der Waals surface area contributed by atoms with E-state index in [1.807, 2.05) is 37.3 Å². The summed E-state index contributed by atoms with van der Waals surface area (Å²) in [6, 6.07) is 14.8. The average molecular weight is 279 g/mol. The highest BCUT2D eigenvalue weighted by Crippen LogP contribution is 2.17. The molecule has 4 nitrogen and oxygen atoms in total. The molecule has 21 heavy (non-hydrogen) atoms. The quantitative estimate of drug-likeness (QED) is 0.844. The Bertz CT molecular complexity index is 701. The second-order valence-corrected chi connectivity index (χ2v) is 4.93. The lowest BCUT2D eigenvalue weighted by Crippen LogP contribution is -2.13. The first-order chi connectivity index (χ1) is 10.1. The van der Waals surface area contributed by atoms with Gasteiger partial charge in [-0.25, -0.2) is 0 Å². The summed E-state index contributed by atoms with van der Waals surface area (Å²) >= 11 is 0. The number of aryl methyl sites for hydroxylation is 2. The molecule has 0 unspecified atom stereocenters. The van der Waals surface area contributed by atoms with Crippen molar-refractivity contribution in [2.75, 3.05) is 11.1 Å². The van der Waals surface area contributed by atoms with Crippen molar-refractivity contribution in [3.05, 3.63) is 59.2 Å². The molecule has 106 valence electrons. The fraction of sp³-hybridized carbons (Fsp3) is 0.176. The largest absolute Gasteiger partial charge is 0.399 e. The van der Waals surface area contributed by atoms with Gasteiger partial charge >= 0.3 is 0 Å². The Morgan fingerprint density at radius 2 is 2.10 bits per heavy atom. The van der Waals surface area contributed by atoms with E-state index in [0.717, 1.165) is 11.1 Å². The number of hydrogen-bond donors (Lipinski definition) is 2. The Kier molecular flexibility index (Phi) is 4.57. The molecule has 0 radical (unpaired) electrons. The molecule has 0 saturated heterocycles. The first kappa shape index (κ1) is 14.6. The zero-order valence-corrected chi connectivity index (χ0v) is 11.9. The van der Waals surface area contributed by atoms with E-state index >= 15 is 0 Å². The molecule has 3 N–H and O–H groups in total. The Labute approximate surface area is 124 Å². The summed E-state index contributed by atoms with van der Waals surface area (Å²) in [5.74, 6) is -0.0735. The minimum absolute atomic E-state index is 0.0735. The van der Waals surface area contributed by atoms with Crippen LogP contribution in [0, 0.1) is 18.3 Å². The van der Waals surface area contributed by atoms with Gasteiger partial charge in [0.05, 0.1) is 11.6 Å². The van der Waals surface area contributed by atoms with Gasteiger partial charge < -0.3 is 11.1 Å². The smallest absolute Gasteiger partial charge is 0.224 e. The van der Waals surface area contributed by atoms with E-state index < -0.39 is 0 Å². The standard InChI is InChI=1S/C17H17N3O/c1-12-5-6-14(11-18)10-16(12)20-17(21)8-7-13-3-2-4-15(19)9-13/h2-6,9-10H,7-8,19H2,1H3,(H,20,21). The number of nitrogens with one attached hydrogen (secondary N) is 1. The SMILES string of the molecule is Cc1ccc(C#N)cc1NC(=O)CCc1cccc(N)c1. The van der Waals surface area contributed by atoms with Crippen LogP contribution >= 0.6 is 0 Å². The van der Waals surface area contributed by atoms with Crippen LogP contribution in [-0.2, 0) is 11.2 Å². The van der Waals surface area contributed by atoms with Gasteiger partial charge in [0, 0.05) is 17.8 Å². The predicted molar refractivity (Wildman–Crippen MR) is 83.7 cm³/mol. The lowest BCUT2D eigenvalue weighted by molar-refractivity contribution is -0.116. The van der Waals surface area contributed by atoms with Crippen molar-refractivity contribution in [3.8, 4) is 6.07 Å². The van der Waals surface area contributed by atoms with Gasteiger partial charge in [-0.1, -0.05) is 18.2 Å². The first-order valence-electron chi connectivity index (χ1n) is 6.73.